The van der Waals surface area contributed by atoms with Gasteiger partial charge in [0.25, 0.3) is 0 Å². The number of nitrogens with two attached hydrogens (primary N) is 1. The van der Waals surface area contributed by atoms with Gasteiger partial charge in [-0.3, -0.25) is 0 Å². The maximum Gasteiger partial charge on any atom is 0.0578 e. The van der Waals surface area contributed by atoms with Gasteiger partial charge >= 0.3 is 0 Å². The second kappa shape index (κ2) is 4.73. The number of hydrogen-bond donors (Lipinski definition) is 1. The summed E-state index contributed by atoms with van der Waals surface area (Å²) in [5.74, 6) is 0.722. The van der Waals surface area contributed by atoms with Crippen molar-refractivity contribution in [3.63, 3.8) is 0 Å². The van der Waals surface area contributed by atoms with E-state index < -0.39 is 0 Å². The summed E-state index contributed by atoms with van der Waals surface area (Å²) in [6.07, 6.45) is 5.53. The molecule has 0 saturated heterocycles. The summed E-state index contributed by atoms with van der Waals surface area (Å²) in [7, 11) is 0. The van der Waals surface area contributed by atoms with Crippen molar-refractivity contribution in [2.45, 2.75) is 38.7 Å². The van der Waals surface area contributed by atoms with Crippen molar-refractivity contribution >= 4 is 0 Å². The highest BCUT2D eigenvalue weighted by Crippen LogP contribution is 2.25. The first kappa shape index (κ1) is 9.01. The van der Waals surface area contributed by atoms with Crippen LogP contribution in [-0.4, -0.2) is 19.3 Å². The van der Waals surface area contributed by atoms with Crippen LogP contribution in [-0.2, 0) is 4.74 Å². The van der Waals surface area contributed by atoms with Gasteiger partial charge in [-0.25, -0.2) is 0 Å². The molecule has 0 spiro atoms. The first-order valence-corrected chi connectivity index (χ1v) is 4.68. The van der Waals surface area contributed by atoms with Crippen molar-refractivity contribution in [1.29, 1.82) is 0 Å². The summed E-state index contributed by atoms with van der Waals surface area (Å²) in [5.41, 5.74) is 5.61. The molecule has 1 aliphatic carbocycles. The van der Waals surface area contributed by atoms with E-state index in [1.165, 1.54) is 25.7 Å². The molecule has 0 bridgehead atoms. The molecule has 1 saturated carbocycles. The Balaban J connectivity index is 2.21. The fourth-order valence-electron chi connectivity index (χ4n) is 1.84. The van der Waals surface area contributed by atoms with Crippen LogP contribution in [0.1, 0.15) is 32.6 Å². The van der Waals surface area contributed by atoms with Crippen molar-refractivity contribution < 1.29 is 4.74 Å². The summed E-state index contributed by atoms with van der Waals surface area (Å²) in [5, 5.41) is 0. The van der Waals surface area contributed by atoms with E-state index in [-0.39, 0.29) is 0 Å². The van der Waals surface area contributed by atoms with Gasteiger partial charge in [-0.2, -0.15) is 0 Å². The monoisotopic (exact) mass is 157 g/mol. The fraction of sp³-hybridized carbons (Fsp3) is 1.00. The van der Waals surface area contributed by atoms with Gasteiger partial charge in [-0.05, 0) is 38.6 Å². The summed E-state index contributed by atoms with van der Waals surface area (Å²) < 4.78 is 5.56. The molecule has 0 radical (unpaired) electrons. The van der Waals surface area contributed by atoms with Gasteiger partial charge in [0.1, 0.15) is 0 Å². The van der Waals surface area contributed by atoms with Crippen LogP contribution in [0, 0.1) is 5.92 Å². The SMILES string of the molecule is CCOC1CCCC(CN)C1. The standard InChI is InChI=1S/C9H19NO/c1-2-11-9-5-3-4-8(6-9)7-10/h8-9H,2-7,10H2,1H3. The van der Waals surface area contributed by atoms with Crippen LogP contribution < -0.4 is 5.73 Å². The van der Waals surface area contributed by atoms with Crippen LogP contribution in [0.4, 0.5) is 0 Å². The van der Waals surface area contributed by atoms with Gasteiger partial charge in [-0.1, -0.05) is 6.42 Å². The fourth-order valence-corrected chi connectivity index (χ4v) is 1.84. The number of hydrogen-bond acceptors (Lipinski definition) is 2. The van der Waals surface area contributed by atoms with E-state index in [2.05, 4.69) is 6.92 Å². The molecule has 1 rings (SSSR count). The van der Waals surface area contributed by atoms with E-state index in [0.29, 0.717) is 6.10 Å². The Morgan fingerprint density at radius 1 is 1.45 bits per heavy atom. The molecule has 11 heavy (non-hydrogen) atoms. The van der Waals surface area contributed by atoms with Gasteiger partial charge in [0.2, 0.25) is 0 Å². The first-order valence-electron chi connectivity index (χ1n) is 4.68. The molecule has 0 aromatic carbocycles. The minimum Gasteiger partial charge on any atom is -0.378 e. The number of ether oxygens (including phenoxy) is 1. The van der Waals surface area contributed by atoms with Crippen molar-refractivity contribution in [2.24, 2.45) is 11.7 Å². The molecule has 0 aromatic rings. The lowest BCUT2D eigenvalue weighted by atomic mass is 9.87. The molecule has 2 heteroatoms. The normalized spacial score (nSPS) is 32.2. The van der Waals surface area contributed by atoms with E-state index >= 15 is 0 Å². The molecule has 2 unspecified atom stereocenters. The maximum absolute atomic E-state index is 5.61. The molecular weight excluding hydrogens is 138 g/mol. The first-order chi connectivity index (χ1) is 5.36. The zero-order valence-electron chi connectivity index (χ0n) is 7.38. The van der Waals surface area contributed by atoms with Crippen molar-refractivity contribution in [2.75, 3.05) is 13.2 Å². The van der Waals surface area contributed by atoms with Crippen molar-refractivity contribution in [1.82, 2.24) is 0 Å². The quantitative estimate of drug-likeness (QED) is 0.674. The van der Waals surface area contributed by atoms with Gasteiger partial charge in [-0.15, -0.1) is 0 Å². The molecule has 1 aliphatic rings. The number of rotatable bonds is 3. The molecule has 2 atom stereocenters. The summed E-state index contributed by atoms with van der Waals surface area (Å²) in [6, 6.07) is 0. The topological polar surface area (TPSA) is 35.2 Å². The van der Waals surface area contributed by atoms with Crippen LogP contribution >= 0.6 is 0 Å². The highest BCUT2D eigenvalue weighted by molar-refractivity contribution is 4.73. The zero-order valence-corrected chi connectivity index (χ0v) is 7.38. The molecule has 2 N–H and O–H groups in total. The highest BCUT2D eigenvalue weighted by atomic mass is 16.5. The highest BCUT2D eigenvalue weighted by Gasteiger charge is 2.20. The Kier molecular flexibility index (Phi) is 3.87. The third kappa shape index (κ3) is 2.80. The average Bonchev–Trinajstić information content (AvgIpc) is 2.06. The molecule has 0 aromatic heterocycles. The van der Waals surface area contributed by atoms with E-state index in [0.717, 1.165) is 19.1 Å². The molecule has 0 aliphatic heterocycles. The summed E-state index contributed by atoms with van der Waals surface area (Å²) in [4.78, 5) is 0. The predicted octanol–water partition coefficient (Wildman–Crippen LogP) is 1.54. The second-order valence-corrected chi connectivity index (χ2v) is 3.35. The van der Waals surface area contributed by atoms with Crippen LogP contribution in [0.3, 0.4) is 0 Å². The van der Waals surface area contributed by atoms with Gasteiger partial charge < -0.3 is 10.5 Å². The molecule has 2 nitrogen and oxygen atoms in total. The van der Waals surface area contributed by atoms with Gasteiger partial charge in [0, 0.05) is 6.61 Å². The molecular formula is C9H19NO. The minimum atomic E-state index is 0.502. The van der Waals surface area contributed by atoms with E-state index in [9.17, 15) is 0 Å². The Labute approximate surface area is 69.1 Å². The summed E-state index contributed by atoms with van der Waals surface area (Å²) >= 11 is 0. The van der Waals surface area contributed by atoms with Crippen LogP contribution in [0.25, 0.3) is 0 Å². The Bertz CT molecular complexity index is 104. The lowest BCUT2D eigenvalue weighted by Crippen LogP contribution is -2.27. The van der Waals surface area contributed by atoms with Gasteiger partial charge in [0.15, 0.2) is 0 Å². The average molecular weight is 157 g/mol. The van der Waals surface area contributed by atoms with E-state index in [1.54, 1.807) is 0 Å². The lowest BCUT2D eigenvalue weighted by molar-refractivity contribution is 0.0218. The summed E-state index contributed by atoms with van der Waals surface area (Å²) in [6.45, 7) is 3.75. The van der Waals surface area contributed by atoms with Gasteiger partial charge in [0.05, 0.1) is 6.10 Å². The zero-order chi connectivity index (χ0) is 8.10. The molecule has 0 amide bonds. The van der Waals surface area contributed by atoms with Crippen LogP contribution in [0.2, 0.25) is 0 Å². The van der Waals surface area contributed by atoms with Crippen LogP contribution in [0.5, 0.6) is 0 Å². The third-order valence-corrected chi connectivity index (χ3v) is 2.47. The Hall–Kier alpha value is -0.0800. The predicted molar refractivity (Wildman–Crippen MR) is 46.4 cm³/mol. The molecule has 66 valence electrons. The largest absolute Gasteiger partial charge is 0.378 e. The maximum atomic E-state index is 5.61. The second-order valence-electron chi connectivity index (χ2n) is 3.35. The third-order valence-electron chi connectivity index (χ3n) is 2.47. The van der Waals surface area contributed by atoms with E-state index in [1.807, 2.05) is 0 Å². The lowest BCUT2D eigenvalue weighted by Gasteiger charge is -2.27. The van der Waals surface area contributed by atoms with Crippen molar-refractivity contribution in [3.8, 4) is 0 Å². The Morgan fingerprint density at radius 3 is 2.91 bits per heavy atom. The van der Waals surface area contributed by atoms with Crippen molar-refractivity contribution in [3.05, 3.63) is 0 Å². The molecule has 1 fully saturated rings. The minimum absolute atomic E-state index is 0.502. The van der Waals surface area contributed by atoms with E-state index in [4.69, 9.17) is 10.5 Å². The molecule has 0 heterocycles. The van der Waals surface area contributed by atoms with Crippen LogP contribution in [0.15, 0.2) is 0 Å². The smallest absolute Gasteiger partial charge is 0.0578 e. The Morgan fingerprint density at radius 2 is 2.27 bits per heavy atom.